The largest absolute Gasteiger partial charge is 0.458 e. The maximum atomic E-state index is 14.0. The van der Waals surface area contributed by atoms with Crippen LogP contribution in [0.25, 0.3) is 32.7 Å². The molecule has 2 aromatic heterocycles. The van der Waals surface area contributed by atoms with Crippen molar-refractivity contribution in [2.45, 2.75) is 89.8 Å². The number of aryl methyl sites for hydroxylation is 1. The summed E-state index contributed by atoms with van der Waals surface area (Å²) < 4.78 is 28.7. The highest BCUT2D eigenvalue weighted by Crippen LogP contribution is 2.41. The molecule has 0 radical (unpaired) electrons. The average Bonchev–Trinajstić information content (AvgIpc) is 1.72. The molecule has 0 saturated heterocycles. The Morgan fingerprint density at radius 3 is 2.31 bits per heavy atom. The highest BCUT2D eigenvalue weighted by atomic mass is 16.6. The topological polar surface area (TPSA) is 336 Å². The molecule has 6 amide bonds. The maximum Gasteiger partial charge on any atom is 0.415 e. The number of rotatable bonds is 30. The van der Waals surface area contributed by atoms with Gasteiger partial charge in [-0.25, -0.2) is 19.4 Å². The number of azide groups is 1. The summed E-state index contributed by atoms with van der Waals surface area (Å²) in [4.78, 5) is 116. The molecular weight excluding hydrogens is 1100 g/mol. The van der Waals surface area contributed by atoms with Crippen molar-refractivity contribution in [3.8, 4) is 17.1 Å². The van der Waals surface area contributed by atoms with E-state index in [1.807, 2.05) is 20.0 Å². The van der Waals surface area contributed by atoms with Crippen molar-refractivity contribution in [1.82, 2.24) is 40.6 Å². The number of carbonyl (C=O) groups is 7. The minimum Gasteiger partial charge on any atom is -0.458 e. The third-order valence-corrected chi connectivity index (χ3v) is 14.5. The number of hydrogen-bond donors (Lipinski definition) is 6. The zero-order valence-electron chi connectivity index (χ0n) is 48.3. The van der Waals surface area contributed by atoms with Crippen LogP contribution in [-0.2, 0) is 81.1 Å². The Hall–Kier alpha value is -8.94. The number of nitrogens with zero attached hydrogens (tertiary/aromatic N) is 7. The molecule has 3 aromatic carbocycles. The van der Waals surface area contributed by atoms with Gasteiger partial charge in [-0.05, 0) is 104 Å². The number of cyclic esters (lactones) is 1. The fourth-order valence-electron chi connectivity index (χ4n) is 9.73. The van der Waals surface area contributed by atoms with Crippen molar-refractivity contribution in [3.05, 3.63) is 133 Å². The number of benzene rings is 3. The van der Waals surface area contributed by atoms with Crippen molar-refractivity contribution in [1.29, 1.82) is 0 Å². The standard InChI is InChI=1S/C59H72N12O14/c1-6-41-42-30-40(20-21-46(42)66-52-43(41)32-71-49(52)31-45-44(55(71)76)34-83-56(77)59(45,80)7-2)85-58(79)70(5)26-25-69(4)57(78)84-33-38-16-18-39(19-17-38)64-53(74)47(15-11-12-22-61-3)67-54(75)48(29-37-13-9-8-10-14-37)65-51(73)36-82-35-50(72)62-23-27-81-28-24-63-68-60/h8-10,13-14,16-21,30-31,47-48,61,80H,6-7,11-12,15,22-29,32-36H2,1-5H3,(H,62,72)(H,64,74)(H,65,73)(H,67,75)/t47?,48?,59-/m0/s1. The molecule has 85 heavy (non-hydrogen) atoms. The molecule has 6 N–H and O–H groups in total. The van der Waals surface area contributed by atoms with Crippen LogP contribution in [0.3, 0.4) is 0 Å². The molecule has 7 rings (SSSR count). The monoisotopic (exact) mass is 1170 g/mol. The predicted molar refractivity (Wildman–Crippen MR) is 311 cm³/mol. The summed E-state index contributed by atoms with van der Waals surface area (Å²) in [7, 11) is 4.88. The first-order valence-electron chi connectivity index (χ1n) is 28.0. The van der Waals surface area contributed by atoms with Gasteiger partial charge >= 0.3 is 18.2 Å². The van der Waals surface area contributed by atoms with Gasteiger partial charge in [0.1, 0.15) is 44.3 Å². The second-order valence-electron chi connectivity index (χ2n) is 20.4. The van der Waals surface area contributed by atoms with Crippen LogP contribution in [0.1, 0.15) is 72.9 Å². The van der Waals surface area contributed by atoms with E-state index < -0.39 is 72.7 Å². The van der Waals surface area contributed by atoms with Crippen LogP contribution < -0.4 is 36.9 Å². The minimum absolute atomic E-state index is 0.0264. The van der Waals surface area contributed by atoms with Gasteiger partial charge in [0, 0.05) is 73.8 Å². The van der Waals surface area contributed by atoms with E-state index in [2.05, 4.69) is 36.6 Å². The second kappa shape index (κ2) is 30.6. The van der Waals surface area contributed by atoms with Crippen LogP contribution in [-0.4, -0.2) is 159 Å². The van der Waals surface area contributed by atoms with E-state index in [0.717, 1.165) is 28.5 Å². The fourth-order valence-corrected chi connectivity index (χ4v) is 9.73. The number of carbonyl (C=O) groups excluding carboxylic acids is 7. The van der Waals surface area contributed by atoms with Crippen molar-refractivity contribution < 1.29 is 62.4 Å². The molecule has 0 bridgehead atoms. The number of hydrogen-bond acceptors (Lipinski definition) is 17. The first kappa shape index (κ1) is 63.6. The van der Waals surface area contributed by atoms with Crippen molar-refractivity contribution >= 4 is 58.4 Å². The van der Waals surface area contributed by atoms with Gasteiger partial charge in [0.25, 0.3) is 5.56 Å². The second-order valence-corrected chi connectivity index (χ2v) is 20.4. The molecule has 2 aliphatic rings. The van der Waals surface area contributed by atoms with Gasteiger partial charge in [-0.3, -0.25) is 24.0 Å². The third-order valence-electron chi connectivity index (χ3n) is 14.5. The molecule has 0 fully saturated rings. The first-order valence-corrected chi connectivity index (χ1v) is 28.0. The van der Waals surface area contributed by atoms with Crippen molar-refractivity contribution in [2.75, 3.05) is 85.6 Å². The summed E-state index contributed by atoms with van der Waals surface area (Å²) in [5.74, 6) is -2.78. The number of aromatic nitrogens is 2. The van der Waals surface area contributed by atoms with E-state index >= 15 is 0 Å². The molecule has 26 heteroatoms. The van der Waals surface area contributed by atoms with Crippen molar-refractivity contribution in [2.24, 2.45) is 5.11 Å². The molecule has 0 spiro atoms. The highest BCUT2D eigenvalue weighted by molar-refractivity contribution is 5.98. The van der Waals surface area contributed by atoms with Gasteiger partial charge < -0.3 is 69.7 Å². The molecule has 452 valence electrons. The SMILES string of the molecule is CCc1c2c(nc3ccc(OC(=O)N(C)CCN(C)C(=O)OCc4ccc(NC(=O)C(CCCCNC)NC(=O)C(Cc5ccccc5)NC(=O)COCC(=O)NCCOCCN=[N+]=[N-])cc4)cc13)-c1cc3c(c(=O)n1C2)COC(=O)[C@]3(O)CC. The molecule has 0 saturated carbocycles. The fraction of sp³-hybridized carbons (Fsp3) is 0.441. The molecule has 3 atom stereocenters. The quantitative estimate of drug-likeness (QED) is 0.0120. The van der Waals surface area contributed by atoms with E-state index in [-0.39, 0.29) is 101 Å². The van der Waals surface area contributed by atoms with E-state index in [1.54, 1.807) is 84.3 Å². The first-order chi connectivity index (χ1) is 41.0. The number of likely N-dealkylation sites (N-methyl/N-ethyl adjacent to an activating group) is 2. The van der Waals surface area contributed by atoms with Crippen LogP contribution >= 0.6 is 0 Å². The molecule has 5 aromatic rings. The average molecular weight is 1170 g/mol. The number of ether oxygens (including phenoxy) is 5. The normalized spacial score (nSPS) is 14.5. The Morgan fingerprint density at radius 2 is 1.59 bits per heavy atom. The van der Waals surface area contributed by atoms with E-state index in [1.165, 1.54) is 23.9 Å². The number of nitrogens with one attached hydrogen (secondary N) is 5. The smallest absolute Gasteiger partial charge is 0.415 e. The number of anilines is 1. The number of fused-ring (bicyclic) bond motifs is 5. The summed E-state index contributed by atoms with van der Waals surface area (Å²) in [5, 5.41) is 29.4. The van der Waals surface area contributed by atoms with Crippen LogP contribution in [0.2, 0.25) is 0 Å². The minimum atomic E-state index is -1.95. The van der Waals surface area contributed by atoms with E-state index in [9.17, 15) is 43.5 Å². The Bertz CT molecular complexity index is 3340. The number of amides is 6. The van der Waals surface area contributed by atoms with Crippen LogP contribution in [0.5, 0.6) is 5.75 Å². The molecular formula is C59H72N12O14. The number of esters is 1. The lowest BCUT2D eigenvalue weighted by atomic mass is 9.86. The summed E-state index contributed by atoms with van der Waals surface area (Å²) in [5.41, 5.74) is 11.6. The third kappa shape index (κ3) is 16.7. The van der Waals surface area contributed by atoms with Gasteiger partial charge in [-0.1, -0.05) is 61.4 Å². The molecule has 2 aliphatic heterocycles. The number of pyridine rings is 2. The maximum absolute atomic E-state index is 14.0. The summed E-state index contributed by atoms with van der Waals surface area (Å²) in [6, 6.07) is 20.3. The lowest BCUT2D eigenvalue weighted by Crippen LogP contribution is -2.54. The zero-order valence-corrected chi connectivity index (χ0v) is 48.3. The lowest BCUT2D eigenvalue weighted by molar-refractivity contribution is -0.172. The number of unbranched alkanes of at least 4 members (excludes halogenated alkanes) is 1. The molecule has 26 nitrogen and oxygen atoms in total. The predicted octanol–water partition coefficient (Wildman–Crippen LogP) is 4.34. The Morgan fingerprint density at radius 1 is 0.847 bits per heavy atom. The summed E-state index contributed by atoms with van der Waals surface area (Å²) >= 11 is 0. The summed E-state index contributed by atoms with van der Waals surface area (Å²) in [6.07, 6.45) is 0.947. The van der Waals surface area contributed by atoms with Gasteiger partial charge in [0.2, 0.25) is 23.6 Å². The molecule has 4 heterocycles. The lowest BCUT2D eigenvalue weighted by Gasteiger charge is -2.31. The van der Waals surface area contributed by atoms with Gasteiger partial charge in [0.15, 0.2) is 5.60 Å². The van der Waals surface area contributed by atoms with Crippen LogP contribution in [0.4, 0.5) is 15.3 Å². The summed E-state index contributed by atoms with van der Waals surface area (Å²) in [6.45, 7) is 4.16. The Labute approximate surface area is 490 Å². The van der Waals surface area contributed by atoms with Gasteiger partial charge in [-0.15, -0.1) is 0 Å². The van der Waals surface area contributed by atoms with Crippen LogP contribution in [0.15, 0.2) is 88.8 Å². The van der Waals surface area contributed by atoms with Crippen LogP contribution in [0, 0.1) is 0 Å². The van der Waals surface area contributed by atoms with Gasteiger partial charge in [0.05, 0.1) is 42.2 Å². The highest BCUT2D eigenvalue weighted by Gasteiger charge is 2.45. The van der Waals surface area contributed by atoms with E-state index in [0.29, 0.717) is 47.5 Å². The molecule has 2 unspecified atom stereocenters. The Kier molecular flexibility index (Phi) is 22.9. The van der Waals surface area contributed by atoms with E-state index in [4.69, 9.17) is 34.2 Å². The Balaban J connectivity index is 0.884. The molecule has 0 aliphatic carbocycles. The van der Waals surface area contributed by atoms with Crippen molar-refractivity contribution in [3.63, 3.8) is 0 Å². The zero-order chi connectivity index (χ0) is 61.0. The van der Waals surface area contributed by atoms with Gasteiger partial charge in [-0.2, -0.15) is 0 Å². The number of aliphatic hydroxyl groups is 1.